The molecule has 2 fully saturated rings. The lowest BCUT2D eigenvalue weighted by atomic mass is 9.94. The molecule has 0 radical (unpaired) electrons. The summed E-state index contributed by atoms with van der Waals surface area (Å²) in [5.74, 6) is 0.182. The van der Waals surface area contributed by atoms with Gasteiger partial charge in [0.2, 0.25) is 5.91 Å². The average Bonchev–Trinajstić information content (AvgIpc) is 2.75. The van der Waals surface area contributed by atoms with Crippen molar-refractivity contribution in [3.63, 3.8) is 0 Å². The molecule has 0 aromatic heterocycles. The van der Waals surface area contributed by atoms with Crippen molar-refractivity contribution in [3.05, 3.63) is 0 Å². The van der Waals surface area contributed by atoms with Gasteiger partial charge in [0.25, 0.3) is 0 Å². The quantitative estimate of drug-likeness (QED) is 0.570. The molecule has 1 aliphatic heterocycles. The Bertz CT molecular complexity index is 321. The van der Waals surface area contributed by atoms with Gasteiger partial charge < -0.3 is 9.64 Å². The van der Waals surface area contributed by atoms with Crippen LogP contribution in [0.4, 0.5) is 0 Å². The highest BCUT2D eigenvalue weighted by Gasteiger charge is 2.32. The van der Waals surface area contributed by atoms with Gasteiger partial charge in [0.15, 0.2) is 0 Å². The molecule has 0 spiro atoms. The normalized spacial score (nSPS) is 25.7. The number of methoxy groups -OCH3 is 1. The molecule has 0 N–H and O–H groups in total. The number of rotatable bonds is 2. The van der Waals surface area contributed by atoms with Gasteiger partial charge in [-0.15, -0.1) is 0 Å². The smallest absolute Gasteiger partial charge is 0.310 e. The first-order chi connectivity index (χ1) is 9.22. The number of hydrogen-bond donors (Lipinski definition) is 0. The van der Waals surface area contributed by atoms with Gasteiger partial charge in [-0.25, -0.2) is 0 Å². The Morgan fingerprint density at radius 2 is 1.58 bits per heavy atom. The second kappa shape index (κ2) is 6.92. The van der Waals surface area contributed by atoms with Crippen molar-refractivity contribution >= 4 is 11.9 Å². The summed E-state index contributed by atoms with van der Waals surface area (Å²) in [6, 6.07) is 0. The van der Waals surface area contributed by atoms with E-state index in [1.54, 1.807) is 0 Å². The standard InChI is InChI=1S/C15H25NO3/c1-19-15(18)13-9-6-10-16(11-13)14(17)12-7-4-2-3-5-8-12/h12-13H,2-11H2,1H3/t13-/m0/s1. The Balaban J connectivity index is 1.92. The predicted octanol–water partition coefficient (Wildman–Crippen LogP) is 2.37. The average molecular weight is 267 g/mol. The van der Waals surface area contributed by atoms with Crippen LogP contribution in [-0.2, 0) is 14.3 Å². The molecule has 1 heterocycles. The van der Waals surface area contributed by atoms with Gasteiger partial charge in [0, 0.05) is 19.0 Å². The van der Waals surface area contributed by atoms with Crippen molar-refractivity contribution in [1.82, 2.24) is 4.90 Å². The molecule has 0 bridgehead atoms. The number of ether oxygens (including phenoxy) is 1. The third-order valence-corrected chi connectivity index (χ3v) is 4.47. The van der Waals surface area contributed by atoms with E-state index < -0.39 is 0 Å². The van der Waals surface area contributed by atoms with Gasteiger partial charge in [-0.3, -0.25) is 9.59 Å². The van der Waals surface area contributed by atoms with Crippen LogP contribution in [0.5, 0.6) is 0 Å². The summed E-state index contributed by atoms with van der Waals surface area (Å²) in [7, 11) is 1.43. The van der Waals surface area contributed by atoms with E-state index in [1.807, 2.05) is 4.90 Å². The van der Waals surface area contributed by atoms with Crippen molar-refractivity contribution in [2.24, 2.45) is 11.8 Å². The van der Waals surface area contributed by atoms with Crippen LogP contribution in [0.3, 0.4) is 0 Å². The molecular weight excluding hydrogens is 242 g/mol. The Morgan fingerprint density at radius 3 is 2.21 bits per heavy atom. The first-order valence-corrected chi connectivity index (χ1v) is 7.59. The summed E-state index contributed by atoms with van der Waals surface area (Å²) in [5.41, 5.74) is 0. The highest BCUT2D eigenvalue weighted by molar-refractivity contribution is 5.80. The number of carbonyl (C=O) groups excluding carboxylic acids is 2. The maximum absolute atomic E-state index is 12.5. The number of esters is 1. The van der Waals surface area contributed by atoms with Crippen LogP contribution in [0.2, 0.25) is 0 Å². The molecule has 2 rings (SSSR count). The lowest BCUT2D eigenvalue weighted by Gasteiger charge is -2.33. The van der Waals surface area contributed by atoms with Gasteiger partial charge >= 0.3 is 5.97 Å². The molecule has 0 aromatic rings. The molecule has 0 aromatic carbocycles. The maximum atomic E-state index is 12.5. The lowest BCUT2D eigenvalue weighted by molar-refractivity contribution is -0.149. The van der Waals surface area contributed by atoms with Gasteiger partial charge in [-0.2, -0.15) is 0 Å². The largest absolute Gasteiger partial charge is 0.469 e. The fourth-order valence-corrected chi connectivity index (χ4v) is 3.32. The van der Waals surface area contributed by atoms with Crippen molar-refractivity contribution in [1.29, 1.82) is 0 Å². The van der Waals surface area contributed by atoms with E-state index in [1.165, 1.54) is 32.8 Å². The van der Waals surface area contributed by atoms with Crippen LogP contribution < -0.4 is 0 Å². The van der Waals surface area contributed by atoms with Crippen molar-refractivity contribution in [3.8, 4) is 0 Å². The second-order valence-electron chi connectivity index (χ2n) is 5.84. The molecule has 0 unspecified atom stereocenters. The van der Waals surface area contributed by atoms with E-state index in [0.717, 1.165) is 32.2 Å². The zero-order valence-corrected chi connectivity index (χ0v) is 11.9. The lowest BCUT2D eigenvalue weighted by Crippen LogP contribution is -2.45. The topological polar surface area (TPSA) is 46.6 Å². The van der Waals surface area contributed by atoms with Crippen molar-refractivity contribution in [2.45, 2.75) is 51.4 Å². The molecule has 4 nitrogen and oxygen atoms in total. The third-order valence-electron chi connectivity index (χ3n) is 4.47. The summed E-state index contributed by atoms with van der Waals surface area (Å²) in [4.78, 5) is 26.0. The van der Waals surface area contributed by atoms with Crippen LogP contribution in [-0.4, -0.2) is 37.0 Å². The minimum absolute atomic E-state index is 0.117. The molecule has 1 aliphatic carbocycles. The van der Waals surface area contributed by atoms with E-state index in [4.69, 9.17) is 4.74 Å². The van der Waals surface area contributed by atoms with E-state index in [-0.39, 0.29) is 23.7 Å². The van der Waals surface area contributed by atoms with Crippen LogP contribution >= 0.6 is 0 Å². The molecule has 1 amide bonds. The SMILES string of the molecule is COC(=O)[C@H]1CCCN(C(=O)C2CCCCCC2)C1. The Labute approximate surface area is 115 Å². The van der Waals surface area contributed by atoms with Crippen LogP contribution in [0.1, 0.15) is 51.4 Å². The summed E-state index contributed by atoms with van der Waals surface area (Å²) >= 11 is 0. The monoisotopic (exact) mass is 267 g/mol. The molecule has 1 atom stereocenters. The number of nitrogens with zero attached hydrogens (tertiary/aromatic N) is 1. The number of hydrogen-bond acceptors (Lipinski definition) is 3. The number of amides is 1. The molecule has 19 heavy (non-hydrogen) atoms. The van der Waals surface area contributed by atoms with E-state index in [2.05, 4.69) is 0 Å². The third kappa shape index (κ3) is 3.71. The van der Waals surface area contributed by atoms with Crippen molar-refractivity contribution < 1.29 is 14.3 Å². The number of piperidine rings is 1. The van der Waals surface area contributed by atoms with Gasteiger partial charge in [-0.05, 0) is 25.7 Å². The summed E-state index contributed by atoms with van der Waals surface area (Å²) < 4.78 is 4.81. The van der Waals surface area contributed by atoms with Crippen molar-refractivity contribution in [2.75, 3.05) is 20.2 Å². The van der Waals surface area contributed by atoms with E-state index in [0.29, 0.717) is 6.54 Å². The van der Waals surface area contributed by atoms with E-state index >= 15 is 0 Å². The molecule has 1 saturated carbocycles. The molecular formula is C15H25NO3. The Hall–Kier alpha value is -1.06. The fourth-order valence-electron chi connectivity index (χ4n) is 3.32. The Kier molecular flexibility index (Phi) is 5.23. The van der Waals surface area contributed by atoms with Gasteiger partial charge in [0.1, 0.15) is 0 Å². The van der Waals surface area contributed by atoms with Gasteiger partial charge in [0.05, 0.1) is 13.0 Å². The zero-order chi connectivity index (χ0) is 13.7. The fraction of sp³-hybridized carbons (Fsp3) is 0.867. The minimum atomic E-state index is -0.168. The maximum Gasteiger partial charge on any atom is 0.310 e. The zero-order valence-electron chi connectivity index (χ0n) is 11.9. The molecule has 108 valence electrons. The van der Waals surface area contributed by atoms with Crippen LogP contribution in [0.15, 0.2) is 0 Å². The first-order valence-electron chi connectivity index (χ1n) is 7.59. The van der Waals surface area contributed by atoms with Crippen LogP contribution in [0, 0.1) is 11.8 Å². The summed E-state index contributed by atoms with van der Waals surface area (Å²) in [5, 5.41) is 0. The molecule has 2 aliphatic rings. The molecule has 4 heteroatoms. The highest BCUT2D eigenvalue weighted by atomic mass is 16.5. The first kappa shape index (κ1) is 14.4. The number of likely N-dealkylation sites (tertiary alicyclic amines) is 1. The second-order valence-corrected chi connectivity index (χ2v) is 5.84. The van der Waals surface area contributed by atoms with E-state index in [9.17, 15) is 9.59 Å². The summed E-state index contributed by atoms with van der Waals surface area (Å²) in [6.07, 6.45) is 8.67. The van der Waals surface area contributed by atoms with Crippen LogP contribution in [0.25, 0.3) is 0 Å². The summed E-state index contributed by atoms with van der Waals surface area (Å²) in [6.45, 7) is 1.37. The number of carbonyl (C=O) groups is 2. The highest BCUT2D eigenvalue weighted by Crippen LogP contribution is 2.27. The predicted molar refractivity (Wildman–Crippen MR) is 72.5 cm³/mol. The Morgan fingerprint density at radius 1 is 0.947 bits per heavy atom. The molecule has 1 saturated heterocycles. The minimum Gasteiger partial charge on any atom is -0.469 e. The van der Waals surface area contributed by atoms with Gasteiger partial charge in [-0.1, -0.05) is 25.7 Å².